The SMILES string of the molecule is Cc1cc(Nc2ccncc2OCCCF)nc(C(C)(F)F)n1. The third-order valence-corrected chi connectivity index (χ3v) is 2.83. The zero-order valence-electron chi connectivity index (χ0n) is 12.8. The van der Waals surface area contributed by atoms with E-state index in [0.717, 1.165) is 6.92 Å². The minimum absolute atomic E-state index is 0.192. The summed E-state index contributed by atoms with van der Waals surface area (Å²) in [7, 11) is 0. The lowest BCUT2D eigenvalue weighted by Crippen LogP contribution is -2.14. The van der Waals surface area contributed by atoms with Crippen LogP contribution in [0.4, 0.5) is 24.7 Å². The van der Waals surface area contributed by atoms with E-state index in [1.165, 1.54) is 12.4 Å². The second-order valence-corrected chi connectivity index (χ2v) is 4.99. The summed E-state index contributed by atoms with van der Waals surface area (Å²) in [6.07, 6.45) is 3.24. The molecule has 124 valence electrons. The zero-order valence-corrected chi connectivity index (χ0v) is 12.8. The van der Waals surface area contributed by atoms with Gasteiger partial charge in [0, 0.05) is 31.3 Å². The van der Waals surface area contributed by atoms with Crippen LogP contribution in [-0.4, -0.2) is 28.2 Å². The van der Waals surface area contributed by atoms with E-state index in [9.17, 15) is 13.2 Å². The van der Waals surface area contributed by atoms with Crippen molar-refractivity contribution in [3.05, 3.63) is 36.0 Å². The van der Waals surface area contributed by atoms with Crippen molar-refractivity contribution in [3.8, 4) is 5.75 Å². The monoisotopic (exact) mass is 326 g/mol. The first-order valence-electron chi connectivity index (χ1n) is 7.04. The Bertz CT molecular complexity index is 661. The van der Waals surface area contributed by atoms with Gasteiger partial charge in [0.2, 0.25) is 5.82 Å². The molecular weight excluding hydrogens is 309 g/mol. The van der Waals surface area contributed by atoms with E-state index in [1.54, 1.807) is 19.1 Å². The van der Waals surface area contributed by atoms with E-state index in [0.29, 0.717) is 17.1 Å². The van der Waals surface area contributed by atoms with E-state index in [2.05, 4.69) is 20.3 Å². The van der Waals surface area contributed by atoms with Crippen molar-refractivity contribution in [1.82, 2.24) is 15.0 Å². The lowest BCUT2D eigenvalue weighted by atomic mass is 10.3. The molecule has 0 amide bonds. The number of aryl methyl sites for hydroxylation is 1. The molecule has 0 spiro atoms. The molecule has 0 aliphatic carbocycles. The Morgan fingerprint density at radius 3 is 2.78 bits per heavy atom. The second kappa shape index (κ2) is 7.26. The van der Waals surface area contributed by atoms with Gasteiger partial charge in [-0.2, -0.15) is 8.78 Å². The van der Waals surface area contributed by atoms with Gasteiger partial charge < -0.3 is 10.1 Å². The van der Waals surface area contributed by atoms with E-state index < -0.39 is 18.4 Å². The van der Waals surface area contributed by atoms with Gasteiger partial charge in [-0.3, -0.25) is 9.37 Å². The summed E-state index contributed by atoms with van der Waals surface area (Å²) in [5.74, 6) is -3.09. The number of halogens is 3. The molecule has 0 unspecified atom stereocenters. The van der Waals surface area contributed by atoms with E-state index in [1.807, 2.05) is 0 Å². The molecule has 0 radical (unpaired) electrons. The summed E-state index contributed by atoms with van der Waals surface area (Å²) in [5, 5.41) is 2.91. The van der Waals surface area contributed by atoms with Gasteiger partial charge in [0.05, 0.1) is 25.2 Å². The second-order valence-electron chi connectivity index (χ2n) is 4.99. The summed E-state index contributed by atoms with van der Waals surface area (Å²) in [6, 6.07) is 3.16. The third kappa shape index (κ3) is 4.80. The van der Waals surface area contributed by atoms with Crippen LogP contribution in [0.5, 0.6) is 5.75 Å². The summed E-state index contributed by atoms with van der Waals surface area (Å²) < 4.78 is 44.4. The van der Waals surface area contributed by atoms with Crippen LogP contribution in [0.1, 0.15) is 24.9 Å². The Morgan fingerprint density at radius 1 is 1.30 bits per heavy atom. The molecule has 23 heavy (non-hydrogen) atoms. The lowest BCUT2D eigenvalue weighted by Gasteiger charge is -2.14. The fraction of sp³-hybridized carbons (Fsp3) is 0.400. The predicted octanol–water partition coefficient (Wildman–Crippen LogP) is 3.77. The molecule has 0 atom stereocenters. The Morgan fingerprint density at radius 2 is 2.09 bits per heavy atom. The van der Waals surface area contributed by atoms with Crippen LogP contribution in [0.25, 0.3) is 0 Å². The molecule has 2 aromatic rings. The summed E-state index contributed by atoms with van der Waals surface area (Å²) >= 11 is 0. The fourth-order valence-electron chi connectivity index (χ4n) is 1.80. The fourth-order valence-corrected chi connectivity index (χ4v) is 1.80. The smallest absolute Gasteiger partial charge is 0.303 e. The minimum atomic E-state index is -3.14. The Kier molecular flexibility index (Phi) is 5.36. The maximum Gasteiger partial charge on any atom is 0.303 e. The molecule has 5 nitrogen and oxygen atoms in total. The number of hydrogen-bond donors (Lipinski definition) is 1. The highest BCUT2D eigenvalue weighted by Gasteiger charge is 2.28. The van der Waals surface area contributed by atoms with Crippen molar-refractivity contribution in [2.24, 2.45) is 0 Å². The molecule has 0 saturated carbocycles. The minimum Gasteiger partial charge on any atom is -0.490 e. The molecule has 1 N–H and O–H groups in total. The highest BCUT2D eigenvalue weighted by atomic mass is 19.3. The Labute approximate surface area is 131 Å². The van der Waals surface area contributed by atoms with E-state index in [4.69, 9.17) is 4.74 Å². The molecule has 2 heterocycles. The van der Waals surface area contributed by atoms with Crippen molar-refractivity contribution in [3.63, 3.8) is 0 Å². The quantitative estimate of drug-likeness (QED) is 0.785. The standard InChI is InChI=1S/C15H17F3N4O/c1-10-8-13(22-14(20-10)15(2,17)18)21-11-4-6-19-9-12(11)23-7-3-5-16/h4,6,8-9H,3,5,7H2,1-2H3,(H,19,20,21,22). The van der Waals surface area contributed by atoms with Gasteiger partial charge in [0.1, 0.15) is 5.82 Å². The van der Waals surface area contributed by atoms with Gasteiger partial charge >= 0.3 is 5.92 Å². The molecule has 0 aliphatic heterocycles. The van der Waals surface area contributed by atoms with Gasteiger partial charge in [-0.15, -0.1) is 0 Å². The highest BCUT2D eigenvalue weighted by Crippen LogP contribution is 2.28. The van der Waals surface area contributed by atoms with Crippen LogP contribution in [0.3, 0.4) is 0 Å². The number of ether oxygens (including phenoxy) is 1. The maximum absolute atomic E-state index is 13.4. The van der Waals surface area contributed by atoms with Crippen molar-refractivity contribution >= 4 is 11.5 Å². The van der Waals surface area contributed by atoms with Crippen molar-refractivity contribution in [2.45, 2.75) is 26.2 Å². The zero-order chi connectivity index (χ0) is 16.9. The van der Waals surface area contributed by atoms with Crippen LogP contribution >= 0.6 is 0 Å². The number of aromatic nitrogens is 3. The highest BCUT2D eigenvalue weighted by molar-refractivity contribution is 5.63. The van der Waals surface area contributed by atoms with E-state index >= 15 is 0 Å². The van der Waals surface area contributed by atoms with Crippen LogP contribution in [0.2, 0.25) is 0 Å². The molecule has 2 rings (SSSR count). The Hall–Kier alpha value is -2.38. The molecule has 0 aliphatic rings. The molecule has 0 aromatic carbocycles. The first-order valence-corrected chi connectivity index (χ1v) is 7.04. The third-order valence-electron chi connectivity index (χ3n) is 2.83. The number of hydrogen-bond acceptors (Lipinski definition) is 5. The molecule has 0 fully saturated rings. The van der Waals surface area contributed by atoms with Crippen LogP contribution in [-0.2, 0) is 5.92 Å². The number of rotatable bonds is 7. The number of pyridine rings is 1. The van der Waals surface area contributed by atoms with Gasteiger partial charge in [0.15, 0.2) is 5.75 Å². The van der Waals surface area contributed by atoms with Crippen LogP contribution < -0.4 is 10.1 Å². The van der Waals surface area contributed by atoms with E-state index in [-0.39, 0.29) is 18.8 Å². The topological polar surface area (TPSA) is 59.9 Å². The predicted molar refractivity (Wildman–Crippen MR) is 79.9 cm³/mol. The summed E-state index contributed by atoms with van der Waals surface area (Å²) in [4.78, 5) is 11.5. The van der Waals surface area contributed by atoms with Crippen LogP contribution in [0, 0.1) is 6.92 Å². The maximum atomic E-state index is 13.4. The first kappa shape index (κ1) is 17.0. The summed E-state index contributed by atoms with van der Waals surface area (Å²) in [5.41, 5.74) is 0.912. The van der Waals surface area contributed by atoms with Gasteiger partial charge in [0.25, 0.3) is 0 Å². The molecule has 0 saturated heterocycles. The molecule has 2 aromatic heterocycles. The van der Waals surface area contributed by atoms with Crippen molar-refractivity contribution < 1.29 is 17.9 Å². The molecule has 8 heteroatoms. The van der Waals surface area contributed by atoms with Crippen LogP contribution in [0.15, 0.2) is 24.5 Å². The first-order chi connectivity index (χ1) is 10.9. The lowest BCUT2D eigenvalue weighted by molar-refractivity contribution is 0.00766. The summed E-state index contributed by atoms with van der Waals surface area (Å²) in [6.45, 7) is 2.05. The number of nitrogens with one attached hydrogen (secondary N) is 1. The van der Waals surface area contributed by atoms with Gasteiger partial charge in [-0.05, 0) is 13.0 Å². The number of nitrogens with zero attached hydrogens (tertiary/aromatic N) is 3. The van der Waals surface area contributed by atoms with Gasteiger partial charge in [-0.1, -0.05) is 0 Å². The number of anilines is 2. The normalized spacial score (nSPS) is 11.3. The Balaban J connectivity index is 2.24. The average molecular weight is 326 g/mol. The largest absolute Gasteiger partial charge is 0.490 e. The average Bonchev–Trinajstić information content (AvgIpc) is 2.48. The van der Waals surface area contributed by atoms with Gasteiger partial charge in [-0.25, -0.2) is 9.97 Å². The number of alkyl halides is 3. The van der Waals surface area contributed by atoms with Crippen molar-refractivity contribution in [1.29, 1.82) is 0 Å². The molecular formula is C15H17F3N4O. The van der Waals surface area contributed by atoms with Crippen molar-refractivity contribution in [2.75, 3.05) is 18.6 Å². The molecule has 0 bridgehead atoms.